The number of rotatable bonds is 3. The van der Waals surface area contributed by atoms with Gasteiger partial charge in [0.15, 0.2) is 0 Å². The fraction of sp³-hybridized carbons (Fsp3) is 0.231. The van der Waals surface area contributed by atoms with Gasteiger partial charge in [0.2, 0.25) is 0 Å². The van der Waals surface area contributed by atoms with Crippen molar-refractivity contribution in [1.82, 2.24) is 5.16 Å². The Morgan fingerprint density at radius 2 is 2.06 bits per heavy atom. The van der Waals surface area contributed by atoms with Crippen molar-refractivity contribution in [2.45, 2.75) is 13.8 Å². The summed E-state index contributed by atoms with van der Waals surface area (Å²) in [4.78, 5) is 14.0. The molecule has 17 heavy (non-hydrogen) atoms. The summed E-state index contributed by atoms with van der Waals surface area (Å²) in [6.07, 6.45) is 1.39. The van der Waals surface area contributed by atoms with Crippen molar-refractivity contribution in [3.63, 3.8) is 0 Å². The van der Waals surface area contributed by atoms with Gasteiger partial charge in [-0.05, 0) is 26.0 Å². The number of para-hydroxylation sites is 1. The SMILES string of the molecule is CCN(C(=O)c1conc1C)c1ccccc1. The molecule has 0 aliphatic carbocycles. The lowest BCUT2D eigenvalue weighted by Gasteiger charge is -2.20. The van der Waals surface area contributed by atoms with Crippen LogP contribution in [0.1, 0.15) is 23.0 Å². The second kappa shape index (κ2) is 4.82. The zero-order chi connectivity index (χ0) is 12.3. The van der Waals surface area contributed by atoms with E-state index in [0.717, 1.165) is 5.69 Å². The summed E-state index contributed by atoms with van der Waals surface area (Å²) in [6, 6.07) is 9.55. The Kier molecular flexibility index (Phi) is 3.23. The fourth-order valence-electron chi connectivity index (χ4n) is 1.69. The van der Waals surface area contributed by atoms with Gasteiger partial charge in [0.25, 0.3) is 5.91 Å². The zero-order valence-corrected chi connectivity index (χ0v) is 9.88. The smallest absolute Gasteiger partial charge is 0.263 e. The highest BCUT2D eigenvalue weighted by molar-refractivity contribution is 6.06. The first-order valence-corrected chi connectivity index (χ1v) is 5.52. The van der Waals surface area contributed by atoms with Crippen LogP contribution in [0.4, 0.5) is 5.69 Å². The van der Waals surface area contributed by atoms with E-state index < -0.39 is 0 Å². The largest absolute Gasteiger partial charge is 0.364 e. The molecule has 0 aliphatic heterocycles. The Balaban J connectivity index is 2.32. The summed E-state index contributed by atoms with van der Waals surface area (Å²) in [5, 5.41) is 3.73. The molecule has 0 bridgehead atoms. The Labute approximate surface area is 99.8 Å². The van der Waals surface area contributed by atoms with E-state index in [0.29, 0.717) is 17.8 Å². The Morgan fingerprint density at radius 3 is 2.59 bits per heavy atom. The monoisotopic (exact) mass is 230 g/mol. The van der Waals surface area contributed by atoms with Crippen LogP contribution < -0.4 is 4.90 Å². The minimum absolute atomic E-state index is 0.0857. The van der Waals surface area contributed by atoms with Crippen LogP contribution in [0.3, 0.4) is 0 Å². The van der Waals surface area contributed by atoms with Gasteiger partial charge in [-0.1, -0.05) is 23.4 Å². The second-order valence-electron chi connectivity index (χ2n) is 3.70. The van der Waals surface area contributed by atoms with Crippen molar-refractivity contribution < 1.29 is 9.32 Å². The van der Waals surface area contributed by atoms with E-state index in [1.807, 2.05) is 37.3 Å². The average Bonchev–Trinajstić information content (AvgIpc) is 2.77. The molecule has 4 nitrogen and oxygen atoms in total. The number of carbonyl (C=O) groups excluding carboxylic acids is 1. The minimum Gasteiger partial charge on any atom is -0.364 e. The van der Waals surface area contributed by atoms with Crippen LogP contribution in [0.15, 0.2) is 41.1 Å². The Hall–Kier alpha value is -2.10. The molecule has 1 aromatic heterocycles. The number of hydrogen-bond acceptors (Lipinski definition) is 3. The minimum atomic E-state index is -0.0857. The summed E-state index contributed by atoms with van der Waals surface area (Å²) in [5.41, 5.74) is 2.00. The highest BCUT2D eigenvalue weighted by Crippen LogP contribution is 2.17. The summed E-state index contributed by atoms with van der Waals surface area (Å²) >= 11 is 0. The van der Waals surface area contributed by atoms with Gasteiger partial charge >= 0.3 is 0 Å². The molecule has 0 saturated carbocycles. The molecule has 1 aromatic carbocycles. The zero-order valence-electron chi connectivity index (χ0n) is 9.88. The van der Waals surface area contributed by atoms with Gasteiger partial charge in [-0.15, -0.1) is 0 Å². The lowest BCUT2D eigenvalue weighted by molar-refractivity contribution is 0.0987. The third-order valence-corrected chi connectivity index (χ3v) is 2.61. The molecule has 0 atom stereocenters. The van der Waals surface area contributed by atoms with E-state index in [4.69, 9.17) is 4.52 Å². The number of aryl methyl sites for hydroxylation is 1. The molecule has 2 aromatic rings. The Morgan fingerprint density at radius 1 is 1.35 bits per heavy atom. The maximum atomic E-state index is 12.3. The fourth-order valence-corrected chi connectivity index (χ4v) is 1.69. The summed E-state index contributed by atoms with van der Waals surface area (Å²) in [5.74, 6) is -0.0857. The number of nitrogens with zero attached hydrogens (tertiary/aromatic N) is 2. The standard InChI is InChI=1S/C13H14N2O2/c1-3-15(11-7-5-4-6-8-11)13(16)12-9-17-14-10(12)2/h4-9H,3H2,1-2H3. The highest BCUT2D eigenvalue weighted by Gasteiger charge is 2.19. The van der Waals surface area contributed by atoms with Crippen LogP contribution in [-0.2, 0) is 0 Å². The summed E-state index contributed by atoms with van der Waals surface area (Å²) in [6.45, 7) is 4.30. The molecule has 0 N–H and O–H groups in total. The van der Waals surface area contributed by atoms with Crippen LogP contribution >= 0.6 is 0 Å². The summed E-state index contributed by atoms with van der Waals surface area (Å²) in [7, 11) is 0. The first kappa shape index (κ1) is 11.4. The third-order valence-electron chi connectivity index (χ3n) is 2.61. The van der Waals surface area contributed by atoms with Crippen molar-refractivity contribution in [2.75, 3.05) is 11.4 Å². The first-order chi connectivity index (χ1) is 8.24. The predicted molar refractivity (Wildman–Crippen MR) is 65.0 cm³/mol. The highest BCUT2D eigenvalue weighted by atomic mass is 16.5. The second-order valence-corrected chi connectivity index (χ2v) is 3.70. The maximum absolute atomic E-state index is 12.3. The molecule has 0 saturated heterocycles. The van der Waals surface area contributed by atoms with Crippen molar-refractivity contribution in [3.8, 4) is 0 Å². The molecule has 1 amide bonds. The predicted octanol–water partition coefficient (Wildman–Crippen LogP) is 2.65. The van der Waals surface area contributed by atoms with Crippen LogP contribution in [0, 0.1) is 6.92 Å². The van der Waals surface area contributed by atoms with E-state index >= 15 is 0 Å². The summed E-state index contributed by atoms with van der Waals surface area (Å²) < 4.78 is 4.80. The number of carbonyl (C=O) groups is 1. The van der Waals surface area contributed by atoms with Gasteiger partial charge in [0.05, 0.1) is 5.69 Å². The molecule has 0 fully saturated rings. The van der Waals surface area contributed by atoms with Crippen LogP contribution in [0.25, 0.3) is 0 Å². The average molecular weight is 230 g/mol. The molecule has 4 heteroatoms. The van der Waals surface area contributed by atoms with Gasteiger partial charge < -0.3 is 9.42 Å². The van der Waals surface area contributed by atoms with Gasteiger partial charge in [-0.2, -0.15) is 0 Å². The van der Waals surface area contributed by atoms with E-state index in [1.165, 1.54) is 6.26 Å². The van der Waals surface area contributed by atoms with E-state index in [1.54, 1.807) is 11.8 Å². The van der Waals surface area contributed by atoms with Crippen molar-refractivity contribution in [1.29, 1.82) is 0 Å². The van der Waals surface area contributed by atoms with E-state index in [9.17, 15) is 4.79 Å². The number of amides is 1. The van der Waals surface area contributed by atoms with Crippen molar-refractivity contribution in [3.05, 3.63) is 47.9 Å². The molecule has 0 unspecified atom stereocenters. The Bertz CT molecular complexity index is 505. The van der Waals surface area contributed by atoms with E-state index in [-0.39, 0.29) is 5.91 Å². The molecule has 2 rings (SSSR count). The van der Waals surface area contributed by atoms with Gasteiger partial charge in [0, 0.05) is 12.2 Å². The van der Waals surface area contributed by atoms with Crippen LogP contribution in [0.5, 0.6) is 0 Å². The lowest BCUT2D eigenvalue weighted by Crippen LogP contribution is -2.30. The van der Waals surface area contributed by atoms with E-state index in [2.05, 4.69) is 5.16 Å². The van der Waals surface area contributed by atoms with Crippen molar-refractivity contribution in [2.24, 2.45) is 0 Å². The van der Waals surface area contributed by atoms with Gasteiger partial charge in [-0.3, -0.25) is 4.79 Å². The number of benzene rings is 1. The quantitative estimate of drug-likeness (QED) is 0.814. The number of aromatic nitrogens is 1. The van der Waals surface area contributed by atoms with Gasteiger partial charge in [-0.25, -0.2) is 0 Å². The maximum Gasteiger partial charge on any atom is 0.263 e. The third kappa shape index (κ3) is 2.20. The molecule has 0 aliphatic rings. The topological polar surface area (TPSA) is 46.3 Å². The van der Waals surface area contributed by atoms with Crippen molar-refractivity contribution >= 4 is 11.6 Å². The first-order valence-electron chi connectivity index (χ1n) is 5.52. The number of hydrogen-bond donors (Lipinski definition) is 0. The molecular weight excluding hydrogens is 216 g/mol. The molecule has 0 radical (unpaired) electrons. The van der Waals surface area contributed by atoms with Crippen LogP contribution in [0.2, 0.25) is 0 Å². The molecule has 0 spiro atoms. The lowest BCUT2D eigenvalue weighted by atomic mass is 10.2. The molecular formula is C13H14N2O2. The number of anilines is 1. The van der Waals surface area contributed by atoms with Gasteiger partial charge in [0.1, 0.15) is 11.8 Å². The van der Waals surface area contributed by atoms with Crippen LogP contribution in [-0.4, -0.2) is 17.6 Å². The molecule has 88 valence electrons. The normalized spacial score (nSPS) is 10.2. The molecule has 1 heterocycles.